The molecule has 0 N–H and O–H groups in total. The van der Waals surface area contributed by atoms with Crippen LogP contribution in [-0.4, -0.2) is 96.2 Å². The molecule has 2 fully saturated rings. The summed E-state index contributed by atoms with van der Waals surface area (Å²) in [4.78, 5) is 28.2. The number of amides is 1. The highest BCUT2D eigenvalue weighted by atomic mass is 79.9. The van der Waals surface area contributed by atoms with Crippen molar-refractivity contribution in [1.29, 1.82) is 5.26 Å². The van der Waals surface area contributed by atoms with Crippen LogP contribution in [0.3, 0.4) is 0 Å². The molecule has 4 heterocycles. The molecule has 0 aliphatic carbocycles. The molecular weight excluding hydrogens is 583 g/mol. The Labute approximate surface area is 242 Å². The third-order valence-corrected chi connectivity index (χ3v) is 8.25. The summed E-state index contributed by atoms with van der Waals surface area (Å²) in [5, 5.41) is 10.4. The Morgan fingerprint density at radius 2 is 2.08 bits per heavy atom. The van der Waals surface area contributed by atoms with E-state index in [1.54, 1.807) is 4.90 Å². The van der Waals surface area contributed by atoms with Crippen LogP contribution >= 0.6 is 15.9 Å². The highest BCUT2D eigenvalue weighted by molar-refractivity contribution is 9.10. The number of likely N-dealkylation sites (tertiary alicyclic amines) is 1. The van der Waals surface area contributed by atoms with Crippen LogP contribution in [-0.2, 0) is 11.2 Å². The highest BCUT2D eigenvalue weighted by Crippen LogP contribution is 2.43. The Kier molecular flexibility index (Phi) is 8.25. The van der Waals surface area contributed by atoms with Gasteiger partial charge in [0.1, 0.15) is 29.9 Å². The molecule has 0 spiro atoms. The van der Waals surface area contributed by atoms with Crippen LogP contribution < -0.4 is 14.4 Å². The number of likely N-dealkylation sites (N-methyl/N-ethyl adjacent to an activating group) is 1. The number of benzene rings is 1. The number of carbonyl (C=O) groups is 1. The van der Waals surface area contributed by atoms with Crippen molar-refractivity contribution in [3.8, 4) is 17.8 Å². The molecule has 3 atom stereocenters. The fraction of sp³-hybridized carbons (Fsp3) is 0.643. The number of hydrogen-bond donors (Lipinski definition) is 0. The number of rotatable bonds is 5. The average Bonchev–Trinajstić information content (AvgIpc) is 3.22. The minimum atomic E-state index is -0.871. The number of alkyl halides is 1. The Bertz CT molecular complexity index is 1310. The minimum Gasteiger partial charge on any atom is -0.492 e. The first kappa shape index (κ1) is 28.6. The van der Waals surface area contributed by atoms with E-state index >= 15 is 0 Å². The molecule has 12 heteroatoms. The standard InChI is InChI=1S/C28H36BrFN6O4/c1-28(2,3)40-27(37)36-10-9-35(15-18(36)7-8-31)25-23-22(13-21(29)20-6-5-11-38-24(20)23)32-26(33-25)39-16-19-12-17(30)14-34(19)4/h13,17-19H,5-7,9-12,14-16H2,1-4H3/t17-,18+,19+/m1/s1. The molecule has 216 valence electrons. The van der Waals surface area contributed by atoms with Crippen molar-refractivity contribution in [2.45, 2.75) is 70.3 Å². The lowest BCUT2D eigenvalue weighted by Gasteiger charge is -2.41. The number of fused-ring (bicyclic) bond motifs is 3. The normalized spacial score (nSPS) is 23.5. The van der Waals surface area contributed by atoms with E-state index in [0.29, 0.717) is 50.5 Å². The van der Waals surface area contributed by atoms with E-state index in [1.807, 2.05) is 38.8 Å². The molecule has 2 saturated heterocycles. The van der Waals surface area contributed by atoms with E-state index in [4.69, 9.17) is 24.2 Å². The van der Waals surface area contributed by atoms with Gasteiger partial charge in [0.2, 0.25) is 0 Å². The lowest BCUT2D eigenvalue weighted by atomic mass is 10.0. The summed E-state index contributed by atoms with van der Waals surface area (Å²) < 4.78 is 32.7. The SMILES string of the molecule is CN1C[C@H](F)C[C@H]1COc1nc(N2CCN(C(=O)OC(C)(C)C)[C@@H](CC#N)C2)c2c3c(c(Br)cc2n1)CCCO3. The maximum absolute atomic E-state index is 13.9. The zero-order chi connectivity index (χ0) is 28.6. The van der Waals surface area contributed by atoms with Gasteiger partial charge in [-0.25, -0.2) is 9.18 Å². The molecule has 0 bridgehead atoms. The molecule has 0 radical (unpaired) electrons. The van der Waals surface area contributed by atoms with Gasteiger partial charge in [0.05, 0.1) is 36.0 Å². The zero-order valence-corrected chi connectivity index (χ0v) is 25.0. The molecular formula is C28H36BrFN6O4. The second-order valence-electron chi connectivity index (χ2n) is 11.7. The number of aromatic nitrogens is 2. The van der Waals surface area contributed by atoms with E-state index in [0.717, 1.165) is 34.0 Å². The monoisotopic (exact) mass is 618 g/mol. The van der Waals surface area contributed by atoms with Gasteiger partial charge in [0.25, 0.3) is 0 Å². The Balaban J connectivity index is 1.50. The second-order valence-corrected chi connectivity index (χ2v) is 12.6. The predicted octanol–water partition coefficient (Wildman–Crippen LogP) is 4.48. The van der Waals surface area contributed by atoms with E-state index in [2.05, 4.69) is 26.9 Å². The van der Waals surface area contributed by atoms with Gasteiger partial charge < -0.3 is 24.0 Å². The molecule has 1 aromatic carbocycles. The number of carbonyl (C=O) groups excluding carboxylic acids is 1. The fourth-order valence-electron chi connectivity index (χ4n) is 5.61. The molecule has 1 amide bonds. The van der Waals surface area contributed by atoms with Crippen LogP contribution in [0.2, 0.25) is 0 Å². The first-order valence-corrected chi connectivity index (χ1v) is 14.6. The number of nitriles is 1. The van der Waals surface area contributed by atoms with Crippen molar-refractivity contribution >= 4 is 38.7 Å². The maximum Gasteiger partial charge on any atom is 0.410 e. The summed E-state index contributed by atoms with van der Waals surface area (Å²) in [5.41, 5.74) is 1.10. The molecule has 10 nitrogen and oxygen atoms in total. The summed E-state index contributed by atoms with van der Waals surface area (Å²) >= 11 is 3.70. The number of piperazine rings is 1. The van der Waals surface area contributed by atoms with Crippen molar-refractivity contribution in [3.05, 3.63) is 16.1 Å². The van der Waals surface area contributed by atoms with Crippen molar-refractivity contribution in [2.24, 2.45) is 0 Å². The molecule has 40 heavy (non-hydrogen) atoms. The summed E-state index contributed by atoms with van der Waals surface area (Å²) in [6.07, 6.45) is 1.04. The molecule has 3 aliphatic rings. The Hall–Kier alpha value is -2.91. The number of halogens is 2. The van der Waals surface area contributed by atoms with Gasteiger partial charge in [-0.3, -0.25) is 4.90 Å². The van der Waals surface area contributed by atoms with E-state index < -0.39 is 17.9 Å². The summed E-state index contributed by atoms with van der Waals surface area (Å²) in [6.45, 7) is 7.97. The number of ether oxygens (including phenoxy) is 3. The summed E-state index contributed by atoms with van der Waals surface area (Å²) in [5.74, 6) is 1.39. The molecule has 0 unspecified atom stereocenters. The van der Waals surface area contributed by atoms with E-state index in [1.165, 1.54) is 0 Å². The molecule has 2 aromatic rings. The van der Waals surface area contributed by atoms with Gasteiger partial charge in [-0.1, -0.05) is 15.9 Å². The van der Waals surface area contributed by atoms with Gasteiger partial charge in [0, 0.05) is 42.3 Å². The van der Waals surface area contributed by atoms with Crippen LogP contribution in [0.15, 0.2) is 10.5 Å². The van der Waals surface area contributed by atoms with Gasteiger partial charge >= 0.3 is 12.1 Å². The number of hydrogen-bond acceptors (Lipinski definition) is 9. The highest BCUT2D eigenvalue weighted by Gasteiger charge is 2.36. The van der Waals surface area contributed by atoms with Crippen LogP contribution in [0, 0.1) is 11.3 Å². The van der Waals surface area contributed by atoms with E-state index in [9.17, 15) is 14.4 Å². The molecule has 0 saturated carbocycles. The third kappa shape index (κ3) is 6.05. The van der Waals surface area contributed by atoms with Gasteiger partial charge in [-0.15, -0.1) is 0 Å². The smallest absolute Gasteiger partial charge is 0.410 e. The van der Waals surface area contributed by atoms with Crippen LogP contribution in [0.25, 0.3) is 10.9 Å². The minimum absolute atomic E-state index is 0.0614. The number of nitrogens with zero attached hydrogens (tertiary/aromatic N) is 6. The maximum atomic E-state index is 13.9. The Morgan fingerprint density at radius 1 is 1.27 bits per heavy atom. The molecule has 1 aromatic heterocycles. The van der Waals surface area contributed by atoms with Crippen LogP contribution in [0.5, 0.6) is 11.8 Å². The zero-order valence-electron chi connectivity index (χ0n) is 23.5. The van der Waals surface area contributed by atoms with Crippen molar-refractivity contribution in [3.63, 3.8) is 0 Å². The van der Waals surface area contributed by atoms with Crippen LogP contribution in [0.4, 0.5) is 15.0 Å². The third-order valence-electron chi connectivity index (χ3n) is 7.55. The first-order valence-electron chi connectivity index (χ1n) is 13.8. The van der Waals surface area contributed by atoms with Crippen molar-refractivity contribution < 1.29 is 23.4 Å². The second kappa shape index (κ2) is 11.5. The summed E-state index contributed by atoms with van der Waals surface area (Å²) in [6, 6.07) is 3.94. The number of anilines is 1. The van der Waals surface area contributed by atoms with Gasteiger partial charge in [0.15, 0.2) is 0 Å². The van der Waals surface area contributed by atoms with E-state index in [-0.39, 0.29) is 31.1 Å². The topological polar surface area (TPSA) is 104 Å². The van der Waals surface area contributed by atoms with Gasteiger partial charge in [-0.05, 0) is 53.1 Å². The molecule has 3 aliphatic heterocycles. The first-order chi connectivity index (χ1) is 19.0. The fourth-order valence-corrected chi connectivity index (χ4v) is 6.20. The molecule has 5 rings (SSSR count). The van der Waals surface area contributed by atoms with Crippen molar-refractivity contribution in [1.82, 2.24) is 19.8 Å². The lowest BCUT2D eigenvalue weighted by Crippen LogP contribution is -2.56. The average molecular weight is 620 g/mol. The Morgan fingerprint density at radius 3 is 2.77 bits per heavy atom. The predicted molar refractivity (Wildman–Crippen MR) is 152 cm³/mol. The largest absolute Gasteiger partial charge is 0.492 e. The van der Waals surface area contributed by atoms with Gasteiger partial charge in [-0.2, -0.15) is 15.2 Å². The quantitative estimate of drug-likeness (QED) is 0.480. The van der Waals surface area contributed by atoms with Crippen LogP contribution in [0.1, 0.15) is 45.6 Å². The lowest BCUT2D eigenvalue weighted by molar-refractivity contribution is 0.0145. The summed E-state index contributed by atoms with van der Waals surface area (Å²) in [7, 11) is 1.89. The van der Waals surface area contributed by atoms with Crippen molar-refractivity contribution in [2.75, 3.05) is 51.3 Å².